The van der Waals surface area contributed by atoms with Gasteiger partial charge in [0.15, 0.2) is 5.12 Å². The fourth-order valence-corrected chi connectivity index (χ4v) is 1.98. The number of benzene rings is 1. The number of halogens is 1. The molecule has 0 N–H and O–H groups in total. The van der Waals surface area contributed by atoms with Crippen LogP contribution in [0.15, 0.2) is 24.3 Å². The fraction of sp³-hybridized carbons (Fsp3) is 0.308. The van der Waals surface area contributed by atoms with Crippen LogP contribution in [-0.2, 0) is 4.79 Å². The van der Waals surface area contributed by atoms with Crippen LogP contribution in [-0.4, -0.2) is 18.0 Å². The van der Waals surface area contributed by atoms with Crippen molar-refractivity contribution >= 4 is 34.6 Å². The van der Waals surface area contributed by atoms with Gasteiger partial charge in [0.25, 0.3) is 0 Å². The van der Waals surface area contributed by atoms with Crippen molar-refractivity contribution in [2.45, 2.75) is 13.3 Å². The van der Waals surface area contributed by atoms with Crippen LogP contribution >= 0.6 is 23.4 Å². The van der Waals surface area contributed by atoms with Crippen LogP contribution in [0, 0.1) is 0 Å². The predicted octanol–water partition coefficient (Wildman–Crippen LogP) is 4.03. The maximum Gasteiger partial charge on any atom is 0.185 e. The average molecular weight is 271 g/mol. The molecule has 0 aromatic heterocycles. The maximum atomic E-state index is 10.7. The molecular formula is C13H15ClO2S. The van der Waals surface area contributed by atoms with E-state index in [1.54, 1.807) is 14.0 Å². The molecule has 0 spiro atoms. The van der Waals surface area contributed by atoms with Crippen LogP contribution in [0.1, 0.15) is 18.9 Å². The summed E-state index contributed by atoms with van der Waals surface area (Å²) in [5, 5.41) is 0.846. The minimum absolute atomic E-state index is 0.151. The van der Waals surface area contributed by atoms with Crippen LogP contribution in [0.4, 0.5) is 0 Å². The molecule has 0 heterocycles. The molecule has 0 fully saturated rings. The van der Waals surface area contributed by atoms with Crippen LogP contribution in [0.5, 0.6) is 5.75 Å². The van der Waals surface area contributed by atoms with E-state index in [1.807, 2.05) is 30.4 Å². The highest BCUT2D eigenvalue weighted by molar-refractivity contribution is 8.13. The van der Waals surface area contributed by atoms with E-state index in [1.165, 1.54) is 11.8 Å². The van der Waals surface area contributed by atoms with Crippen molar-refractivity contribution < 1.29 is 9.53 Å². The lowest BCUT2D eigenvalue weighted by atomic mass is 10.2. The molecule has 0 aliphatic heterocycles. The van der Waals surface area contributed by atoms with Crippen molar-refractivity contribution in [1.29, 1.82) is 0 Å². The van der Waals surface area contributed by atoms with Gasteiger partial charge in [-0.3, -0.25) is 4.79 Å². The molecule has 17 heavy (non-hydrogen) atoms. The first-order valence-corrected chi connectivity index (χ1v) is 6.63. The minimum Gasteiger partial charge on any atom is -0.497 e. The van der Waals surface area contributed by atoms with Crippen LogP contribution < -0.4 is 4.74 Å². The average Bonchev–Trinajstić information content (AvgIpc) is 2.30. The topological polar surface area (TPSA) is 26.3 Å². The largest absolute Gasteiger partial charge is 0.497 e. The van der Waals surface area contributed by atoms with E-state index in [0.29, 0.717) is 5.02 Å². The Morgan fingerprint density at radius 1 is 1.53 bits per heavy atom. The molecule has 92 valence electrons. The molecule has 4 heteroatoms. The zero-order chi connectivity index (χ0) is 12.7. The number of carbonyl (C=O) groups is 1. The Morgan fingerprint density at radius 2 is 2.29 bits per heavy atom. The van der Waals surface area contributed by atoms with Gasteiger partial charge in [-0.25, -0.2) is 0 Å². The van der Waals surface area contributed by atoms with Gasteiger partial charge in [-0.1, -0.05) is 35.5 Å². The monoisotopic (exact) mass is 270 g/mol. The van der Waals surface area contributed by atoms with E-state index in [2.05, 4.69) is 0 Å². The molecule has 0 unspecified atom stereocenters. The second kappa shape index (κ2) is 7.41. The summed E-state index contributed by atoms with van der Waals surface area (Å²) < 4.78 is 5.13. The quantitative estimate of drug-likeness (QED) is 0.756. The van der Waals surface area contributed by atoms with E-state index in [0.717, 1.165) is 23.5 Å². The second-order valence-electron chi connectivity index (χ2n) is 3.42. The summed E-state index contributed by atoms with van der Waals surface area (Å²) in [5.41, 5.74) is 0.929. The number of methoxy groups -OCH3 is 1. The normalized spacial score (nSPS) is 10.8. The molecule has 1 aromatic carbocycles. The Labute approximate surface area is 111 Å². The highest BCUT2D eigenvalue weighted by atomic mass is 35.5. The summed E-state index contributed by atoms with van der Waals surface area (Å²) in [6.07, 6.45) is 4.81. The Morgan fingerprint density at radius 3 is 2.94 bits per heavy atom. The predicted molar refractivity (Wildman–Crippen MR) is 74.8 cm³/mol. The third-order valence-corrected chi connectivity index (χ3v) is 3.28. The van der Waals surface area contributed by atoms with Crippen LogP contribution in [0.3, 0.4) is 0 Å². The van der Waals surface area contributed by atoms with E-state index >= 15 is 0 Å². The zero-order valence-corrected chi connectivity index (χ0v) is 11.5. The number of allylic oxidation sites excluding steroid dienone is 1. The molecule has 0 aliphatic rings. The molecule has 1 aromatic rings. The van der Waals surface area contributed by atoms with Crippen molar-refractivity contribution in [3.05, 3.63) is 34.9 Å². The second-order valence-corrected chi connectivity index (χ2v) is 5.10. The van der Waals surface area contributed by atoms with E-state index in [-0.39, 0.29) is 5.12 Å². The molecular weight excluding hydrogens is 256 g/mol. The summed E-state index contributed by atoms with van der Waals surface area (Å²) in [4.78, 5) is 10.7. The Hall–Kier alpha value is -0.930. The number of hydrogen-bond acceptors (Lipinski definition) is 3. The van der Waals surface area contributed by atoms with E-state index < -0.39 is 0 Å². The molecule has 0 radical (unpaired) electrons. The molecule has 0 bridgehead atoms. The van der Waals surface area contributed by atoms with Gasteiger partial charge in [0.1, 0.15) is 5.75 Å². The summed E-state index contributed by atoms with van der Waals surface area (Å²) in [6, 6.07) is 5.52. The number of hydrogen-bond donors (Lipinski definition) is 0. The van der Waals surface area contributed by atoms with Crippen molar-refractivity contribution in [3.63, 3.8) is 0 Å². The minimum atomic E-state index is 0.151. The van der Waals surface area contributed by atoms with Gasteiger partial charge in [0.05, 0.1) is 7.11 Å². The Kier molecular flexibility index (Phi) is 6.16. The van der Waals surface area contributed by atoms with Crippen molar-refractivity contribution in [1.82, 2.24) is 0 Å². The van der Waals surface area contributed by atoms with Crippen molar-refractivity contribution in [2.24, 2.45) is 0 Å². The zero-order valence-electron chi connectivity index (χ0n) is 9.90. The molecule has 0 saturated heterocycles. The Bertz CT molecular complexity index is 416. The molecule has 0 atom stereocenters. The SMILES string of the molecule is COc1ccc(Cl)c(C=CCCSC(C)=O)c1. The fourth-order valence-electron chi connectivity index (χ4n) is 1.26. The van der Waals surface area contributed by atoms with Gasteiger partial charge in [-0.15, -0.1) is 0 Å². The van der Waals surface area contributed by atoms with E-state index in [4.69, 9.17) is 16.3 Å². The lowest BCUT2D eigenvalue weighted by Gasteiger charge is -2.02. The molecule has 2 nitrogen and oxygen atoms in total. The lowest BCUT2D eigenvalue weighted by molar-refractivity contribution is -0.109. The summed E-state index contributed by atoms with van der Waals surface area (Å²) >= 11 is 7.38. The first-order valence-electron chi connectivity index (χ1n) is 5.27. The lowest BCUT2D eigenvalue weighted by Crippen LogP contribution is -1.85. The van der Waals surface area contributed by atoms with Gasteiger partial charge in [0.2, 0.25) is 0 Å². The third-order valence-electron chi connectivity index (χ3n) is 2.09. The van der Waals surface area contributed by atoms with Crippen LogP contribution in [0.25, 0.3) is 6.08 Å². The van der Waals surface area contributed by atoms with Gasteiger partial charge in [-0.2, -0.15) is 0 Å². The molecule has 0 aliphatic carbocycles. The standard InChI is InChI=1S/C13H15ClO2S/c1-10(15)17-8-4-3-5-11-9-12(16-2)6-7-13(11)14/h3,5-7,9H,4,8H2,1-2H3. The van der Waals surface area contributed by atoms with Gasteiger partial charge >= 0.3 is 0 Å². The maximum absolute atomic E-state index is 10.7. The number of ether oxygens (including phenoxy) is 1. The smallest absolute Gasteiger partial charge is 0.185 e. The summed E-state index contributed by atoms with van der Waals surface area (Å²) in [7, 11) is 1.63. The van der Waals surface area contributed by atoms with Gasteiger partial charge in [-0.05, 0) is 30.2 Å². The summed E-state index contributed by atoms with van der Waals surface area (Å²) in [6.45, 7) is 1.58. The van der Waals surface area contributed by atoms with E-state index in [9.17, 15) is 4.79 Å². The highest BCUT2D eigenvalue weighted by Gasteiger charge is 1.98. The van der Waals surface area contributed by atoms with Crippen LogP contribution in [0.2, 0.25) is 5.02 Å². The van der Waals surface area contributed by atoms with Gasteiger partial charge in [0, 0.05) is 17.7 Å². The van der Waals surface area contributed by atoms with Gasteiger partial charge < -0.3 is 4.74 Å². The molecule has 0 saturated carbocycles. The molecule has 1 rings (SSSR count). The van der Waals surface area contributed by atoms with Crippen molar-refractivity contribution in [2.75, 3.05) is 12.9 Å². The Balaban J connectivity index is 2.55. The van der Waals surface area contributed by atoms with Crippen molar-refractivity contribution in [3.8, 4) is 5.75 Å². The first kappa shape index (κ1) is 14.1. The number of thioether (sulfide) groups is 1. The summed E-state index contributed by atoms with van der Waals surface area (Å²) in [5.74, 6) is 1.58. The third kappa shape index (κ3) is 5.29. The highest BCUT2D eigenvalue weighted by Crippen LogP contribution is 2.23. The molecule has 0 amide bonds. The number of carbonyl (C=O) groups excluding carboxylic acids is 1. The number of rotatable bonds is 5. The first-order chi connectivity index (χ1) is 8.13.